The molecule has 0 fully saturated rings. The van der Waals surface area contributed by atoms with Crippen LogP contribution in [-0.4, -0.2) is 5.11 Å². The normalized spacial score (nSPS) is 12.7. The molecule has 5 heteroatoms. The summed E-state index contributed by atoms with van der Waals surface area (Å²) in [6.45, 7) is 2.00. The Morgan fingerprint density at radius 2 is 2.00 bits per heavy atom. The highest BCUT2D eigenvalue weighted by Crippen LogP contribution is 2.33. The molecule has 0 spiro atoms. The zero-order valence-corrected chi connectivity index (χ0v) is 13.6. The van der Waals surface area contributed by atoms with Gasteiger partial charge in [-0.05, 0) is 46.6 Å². The van der Waals surface area contributed by atoms with Crippen molar-refractivity contribution in [3.63, 3.8) is 0 Å². The number of halogens is 3. The quantitative estimate of drug-likeness (QED) is 0.778. The average Bonchev–Trinajstić information content (AvgIpc) is 2.63. The second-order valence-corrected chi connectivity index (χ2v) is 7.01. The number of thiophene rings is 1. The van der Waals surface area contributed by atoms with Crippen LogP contribution in [0.2, 0.25) is 0 Å². The van der Waals surface area contributed by atoms with Gasteiger partial charge in [-0.15, -0.1) is 11.3 Å². The largest absolute Gasteiger partial charge is 0.387 e. The van der Waals surface area contributed by atoms with Gasteiger partial charge in [0, 0.05) is 25.1 Å². The first-order valence-corrected chi connectivity index (χ1v) is 7.75. The van der Waals surface area contributed by atoms with E-state index in [-0.39, 0.29) is 5.82 Å². The molecule has 0 amide bonds. The van der Waals surface area contributed by atoms with Gasteiger partial charge in [-0.1, -0.05) is 22.0 Å². The van der Waals surface area contributed by atoms with Gasteiger partial charge in [-0.2, -0.15) is 0 Å². The first-order chi connectivity index (χ1) is 8.47. The van der Waals surface area contributed by atoms with Gasteiger partial charge in [0.1, 0.15) is 5.82 Å². The summed E-state index contributed by atoms with van der Waals surface area (Å²) >= 11 is 8.31. The van der Waals surface area contributed by atoms with Gasteiger partial charge >= 0.3 is 0 Å². The molecule has 0 radical (unpaired) electrons. The standard InChI is InChI=1S/C13H11Br2FOS/c1-7-10(14)6-13(18-7)12(17)4-8-2-3-9(16)5-11(8)15/h2-3,5-6,12,17H,4H2,1H3. The van der Waals surface area contributed by atoms with Crippen molar-refractivity contribution in [2.24, 2.45) is 0 Å². The van der Waals surface area contributed by atoms with E-state index >= 15 is 0 Å². The van der Waals surface area contributed by atoms with Crippen LogP contribution in [0.25, 0.3) is 0 Å². The Morgan fingerprint density at radius 1 is 1.28 bits per heavy atom. The molecule has 1 heterocycles. The third-order valence-electron chi connectivity index (χ3n) is 2.63. The van der Waals surface area contributed by atoms with Crippen LogP contribution in [0.1, 0.15) is 21.4 Å². The van der Waals surface area contributed by atoms with E-state index in [1.165, 1.54) is 12.1 Å². The van der Waals surface area contributed by atoms with Gasteiger partial charge < -0.3 is 5.11 Å². The highest BCUT2D eigenvalue weighted by Gasteiger charge is 2.14. The summed E-state index contributed by atoms with van der Waals surface area (Å²) in [5, 5.41) is 10.2. The summed E-state index contributed by atoms with van der Waals surface area (Å²) in [6.07, 6.45) is -0.102. The Bertz CT molecular complexity index is 549. The summed E-state index contributed by atoms with van der Waals surface area (Å²) in [6, 6.07) is 6.44. The molecule has 2 rings (SSSR count). The minimum Gasteiger partial charge on any atom is -0.387 e. The number of benzene rings is 1. The number of aliphatic hydroxyl groups excluding tert-OH is 1. The van der Waals surface area contributed by atoms with Gasteiger partial charge in [-0.3, -0.25) is 0 Å². The summed E-state index contributed by atoms with van der Waals surface area (Å²) in [4.78, 5) is 2.05. The fourth-order valence-corrected chi connectivity index (χ4v) is 3.70. The van der Waals surface area contributed by atoms with E-state index < -0.39 is 6.10 Å². The van der Waals surface area contributed by atoms with Crippen LogP contribution in [-0.2, 0) is 6.42 Å². The van der Waals surface area contributed by atoms with Crippen LogP contribution in [0.4, 0.5) is 4.39 Å². The molecule has 0 aliphatic carbocycles. The van der Waals surface area contributed by atoms with Crippen molar-refractivity contribution in [1.29, 1.82) is 0 Å². The van der Waals surface area contributed by atoms with Crippen LogP contribution >= 0.6 is 43.2 Å². The number of aryl methyl sites for hydroxylation is 1. The minimum atomic E-state index is -0.568. The molecule has 2 aromatic rings. The lowest BCUT2D eigenvalue weighted by molar-refractivity contribution is 0.182. The maximum atomic E-state index is 13.0. The third kappa shape index (κ3) is 3.20. The Balaban J connectivity index is 2.18. The summed E-state index contributed by atoms with van der Waals surface area (Å²) < 4.78 is 14.7. The summed E-state index contributed by atoms with van der Waals surface area (Å²) in [5.74, 6) is -0.283. The Kier molecular flexibility index (Phi) is 4.59. The summed E-state index contributed by atoms with van der Waals surface area (Å²) in [5.41, 5.74) is 0.895. The van der Waals surface area contributed by atoms with Crippen molar-refractivity contribution < 1.29 is 9.50 Å². The zero-order chi connectivity index (χ0) is 13.3. The monoisotopic (exact) mass is 392 g/mol. The number of hydrogen-bond acceptors (Lipinski definition) is 2. The Labute approximate surface area is 126 Å². The molecule has 18 heavy (non-hydrogen) atoms. The van der Waals surface area contributed by atoms with E-state index in [2.05, 4.69) is 31.9 Å². The molecule has 0 saturated carbocycles. The second-order valence-electron chi connectivity index (χ2n) is 4.01. The molecular weight excluding hydrogens is 383 g/mol. The van der Waals surface area contributed by atoms with Crippen molar-refractivity contribution >= 4 is 43.2 Å². The van der Waals surface area contributed by atoms with E-state index in [0.717, 1.165) is 19.8 Å². The van der Waals surface area contributed by atoms with Gasteiger partial charge in [0.2, 0.25) is 0 Å². The molecule has 1 aromatic carbocycles. The van der Waals surface area contributed by atoms with Crippen LogP contribution in [0.5, 0.6) is 0 Å². The summed E-state index contributed by atoms with van der Waals surface area (Å²) in [7, 11) is 0. The second kappa shape index (κ2) is 5.82. The SMILES string of the molecule is Cc1sc(C(O)Cc2ccc(F)cc2Br)cc1Br. The fraction of sp³-hybridized carbons (Fsp3) is 0.231. The van der Waals surface area contributed by atoms with Crippen LogP contribution < -0.4 is 0 Å². The van der Waals surface area contributed by atoms with Gasteiger partial charge in [-0.25, -0.2) is 4.39 Å². The van der Waals surface area contributed by atoms with Crippen molar-refractivity contribution in [3.05, 3.63) is 54.3 Å². The number of aliphatic hydroxyl groups is 1. The van der Waals surface area contributed by atoms with Crippen molar-refractivity contribution in [2.45, 2.75) is 19.4 Å². The van der Waals surface area contributed by atoms with Gasteiger partial charge in [0.25, 0.3) is 0 Å². The molecule has 1 unspecified atom stereocenters. The smallest absolute Gasteiger partial charge is 0.124 e. The zero-order valence-electron chi connectivity index (χ0n) is 9.58. The fourth-order valence-electron chi connectivity index (χ4n) is 1.64. The van der Waals surface area contributed by atoms with Gasteiger partial charge in [0.05, 0.1) is 6.10 Å². The molecule has 1 N–H and O–H groups in total. The predicted octanol–water partition coefficient (Wildman–Crippen LogP) is 5.00. The van der Waals surface area contributed by atoms with Crippen molar-refractivity contribution in [1.82, 2.24) is 0 Å². The van der Waals surface area contributed by atoms with E-state index in [4.69, 9.17) is 0 Å². The lowest BCUT2D eigenvalue weighted by Crippen LogP contribution is -2.00. The Morgan fingerprint density at radius 3 is 2.56 bits per heavy atom. The van der Waals surface area contributed by atoms with E-state index in [9.17, 15) is 9.50 Å². The molecule has 1 nitrogen and oxygen atoms in total. The molecular formula is C13H11Br2FOS. The Hall–Kier alpha value is -0.230. The molecule has 96 valence electrons. The van der Waals surface area contributed by atoms with E-state index in [1.54, 1.807) is 17.4 Å². The molecule has 0 bridgehead atoms. The molecule has 1 aromatic heterocycles. The maximum Gasteiger partial charge on any atom is 0.124 e. The number of rotatable bonds is 3. The first kappa shape index (κ1) is 14.2. The first-order valence-electron chi connectivity index (χ1n) is 5.35. The highest BCUT2D eigenvalue weighted by molar-refractivity contribution is 9.10. The maximum absolute atomic E-state index is 13.0. The molecule has 1 atom stereocenters. The van der Waals surface area contributed by atoms with Crippen LogP contribution in [0.3, 0.4) is 0 Å². The topological polar surface area (TPSA) is 20.2 Å². The highest BCUT2D eigenvalue weighted by atomic mass is 79.9. The molecule has 0 saturated heterocycles. The lowest BCUT2D eigenvalue weighted by Gasteiger charge is -2.10. The lowest BCUT2D eigenvalue weighted by atomic mass is 10.1. The third-order valence-corrected chi connectivity index (χ3v) is 5.61. The minimum absolute atomic E-state index is 0.283. The van der Waals surface area contributed by atoms with Crippen LogP contribution in [0, 0.1) is 12.7 Å². The van der Waals surface area contributed by atoms with E-state index in [0.29, 0.717) is 10.9 Å². The average molecular weight is 394 g/mol. The van der Waals surface area contributed by atoms with Crippen molar-refractivity contribution in [3.8, 4) is 0 Å². The van der Waals surface area contributed by atoms with Crippen molar-refractivity contribution in [2.75, 3.05) is 0 Å². The number of hydrogen-bond donors (Lipinski definition) is 1. The van der Waals surface area contributed by atoms with Crippen LogP contribution in [0.15, 0.2) is 33.2 Å². The molecule has 0 aliphatic rings. The van der Waals surface area contributed by atoms with E-state index in [1.807, 2.05) is 13.0 Å². The van der Waals surface area contributed by atoms with Gasteiger partial charge in [0.15, 0.2) is 0 Å². The predicted molar refractivity (Wildman–Crippen MR) is 79.5 cm³/mol. The molecule has 0 aliphatic heterocycles.